The third-order valence-electron chi connectivity index (χ3n) is 7.57. The lowest BCUT2D eigenvalue weighted by Crippen LogP contribution is -2.25. The van der Waals surface area contributed by atoms with Crippen LogP contribution in [0, 0.1) is 0 Å². The molecule has 0 unspecified atom stereocenters. The number of methoxy groups -OCH3 is 5. The lowest BCUT2D eigenvalue weighted by atomic mass is 9.85. The molecular weight excluding hydrogens is 522 g/mol. The summed E-state index contributed by atoms with van der Waals surface area (Å²) in [6.07, 6.45) is 0.706. The molecule has 3 aromatic carbocycles. The van der Waals surface area contributed by atoms with Crippen LogP contribution in [0.4, 0.5) is 0 Å². The normalized spacial score (nSPS) is 11.9. The Hall–Kier alpha value is -4.17. The number of fused-ring (bicyclic) bond motifs is 1. The van der Waals surface area contributed by atoms with Crippen molar-refractivity contribution in [2.24, 2.45) is 0 Å². The van der Waals surface area contributed by atoms with E-state index in [-0.39, 0.29) is 5.92 Å². The number of hydrogen-bond acceptors (Lipinski definition) is 8. The Balaban J connectivity index is 2.10. The minimum Gasteiger partial charge on any atom is -0.496 e. The number of rotatable bonds is 13. The van der Waals surface area contributed by atoms with Crippen LogP contribution in [0.15, 0.2) is 63.8 Å². The molecule has 0 bridgehead atoms. The van der Waals surface area contributed by atoms with Gasteiger partial charge in [-0.15, -0.1) is 0 Å². The van der Waals surface area contributed by atoms with Crippen LogP contribution < -0.4 is 29.3 Å². The number of ether oxygens (including phenoxy) is 5. The van der Waals surface area contributed by atoms with Crippen molar-refractivity contribution in [1.29, 1.82) is 0 Å². The van der Waals surface area contributed by atoms with Crippen molar-refractivity contribution < 1.29 is 28.1 Å². The maximum absolute atomic E-state index is 13.1. The topological polar surface area (TPSA) is 79.6 Å². The molecule has 1 heterocycles. The van der Waals surface area contributed by atoms with Crippen LogP contribution in [0.1, 0.15) is 37.3 Å². The van der Waals surface area contributed by atoms with Gasteiger partial charge in [-0.05, 0) is 49.3 Å². The fourth-order valence-corrected chi connectivity index (χ4v) is 5.45. The predicted molar refractivity (Wildman–Crippen MR) is 161 cm³/mol. The highest BCUT2D eigenvalue weighted by Gasteiger charge is 2.29. The van der Waals surface area contributed by atoms with Crippen LogP contribution in [0.2, 0.25) is 0 Å². The van der Waals surface area contributed by atoms with Crippen LogP contribution in [-0.2, 0) is 0 Å². The third kappa shape index (κ3) is 5.98. The van der Waals surface area contributed by atoms with Crippen LogP contribution >= 0.6 is 0 Å². The second-order valence-electron chi connectivity index (χ2n) is 9.57. The number of benzene rings is 3. The minimum atomic E-state index is -0.458. The zero-order valence-electron chi connectivity index (χ0n) is 24.9. The average molecular weight is 562 g/mol. The first-order chi connectivity index (χ1) is 19.9. The number of nitrogens with zero attached hydrogens (tertiary/aromatic N) is 1. The molecule has 4 rings (SSSR count). The van der Waals surface area contributed by atoms with Gasteiger partial charge in [0.15, 0.2) is 11.5 Å². The van der Waals surface area contributed by atoms with E-state index in [0.717, 1.165) is 41.9 Å². The molecule has 218 valence electrons. The maximum Gasteiger partial charge on any atom is 0.336 e. The van der Waals surface area contributed by atoms with Gasteiger partial charge in [-0.2, -0.15) is 0 Å². The van der Waals surface area contributed by atoms with Crippen molar-refractivity contribution in [2.45, 2.75) is 26.2 Å². The summed E-state index contributed by atoms with van der Waals surface area (Å²) in [6, 6.07) is 17.0. The Morgan fingerprint density at radius 1 is 0.756 bits per heavy atom. The van der Waals surface area contributed by atoms with Crippen LogP contribution in [0.5, 0.6) is 28.7 Å². The van der Waals surface area contributed by atoms with Crippen molar-refractivity contribution in [2.75, 3.05) is 55.2 Å². The van der Waals surface area contributed by atoms with E-state index >= 15 is 0 Å². The van der Waals surface area contributed by atoms with E-state index in [1.54, 1.807) is 35.5 Å². The molecule has 1 aromatic heterocycles. The molecule has 0 aliphatic carbocycles. The largest absolute Gasteiger partial charge is 0.496 e. The Bertz CT molecular complexity index is 1500. The molecule has 0 saturated carbocycles. The van der Waals surface area contributed by atoms with Gasteiger partial charge in [0.05, 0.1) is 40.9 Å². The quantitative estimate of drug-likeness (QED) is 0.174. The monoisotopic (exact) mass is 561 g/mol. The average Bonchev–Trinajstić information content (AvgIpc) is 3.01. The van der Waals surface area contributed by atoms with Gasteiger partial charge in [-0.1, -0.05) is 44.2 Å². The fraction of sp³-hybridized carbons (Fsp3) is 0.364. The van der Waals surface area contributed by atoms with Crippen LogP contribution in [-0.4, -0.2) is 60.1 Å². The molecular formula is C33H39NO7. The first-order valence-corrected chi connectivity index (χ1v) is 13.7. The van der Waals surface area contributed by atoms with Crippen LogP contribution in [0.3, 0.4) is 0 Å². The molecule has 1 atom stereocenters. The zero-order valence-corrected chi connectivity index (χ0v) is 24.9. The molecule has 8 heteroatoms. The lowest BCUT2D eigenvalue weighted by Gasteiger charge is -2.27. The van der Waals surface area contributed by atoms with Gasteiger partial charge in [0.25, 0.3) is 0 Å². The summed E-state index contributed by atoms with van der Waals surface area (Å²) in [7, 11) is 7.99. The Kier molecular flexibility index (Phi) is 9.78. The van der Waals surface area contributed by atoms with E-state index < -0.39 is 5.63 Å². The maximum atomic E-state index is 13.1. The van der Waals surface area contributed by atoms with Gasteiger partial charge < -0.3 is 33.0 Å². The van der Waals surface area contributed by atoms with Gasteiger partial charge in [-0.25, -0.2) is 4.79 Å². The van der Waals surface area contributed by atoms with Crippen molar-refractivity contribution in [1.82, 2.24) is 4.90 Å². The molecule has 4 aromatic rings. The Morgan fingerprint density at radius 3 is 1.90 bits per heavy atom. The van der Waals surface area contributed by atoms with Crippen molar-refractivity contribution in [3.05, 3.63) is 76.1 Å². The first-order valence-electron chi connectivity index (χ1n) is 13.7. The van der Waals surface area contributed by atoms with E-state index in [1.165, 1.54) is 6.07 Å². The molecule has 0 spiro atoms. The zero-order chi connectivity index (χ0) is 29.5. The van der Waals surface area contributed by atoms with E-state index in [1.807, 2.05) is 48.5 Å². The standard InChI is InChI=1S/C33H39NO7/c1-8-34(9-2)16-15-23(22-17-27(38-5)32(40-7)28(18-22)39-6)30-25(36-3)20-26(37-4)31-24(19-29(35)41-33(30)31)21-13-11-10-12-14-21/h10-14,17-20,23H,8-9,15-16H2,1-7H3/t23-/m1/s1. The van der Waals surface area contributed by atoms with Gasteiger partial charge in [-0.3, -0.25) is 0 Å². The molecule has 0 amide bonds. The summed E-state index contributed by atoms with van der Waals surface area (Å²) in [5.41, 5.74) is 3.23. The minimum absolute atomic E-state index is 0.262. The Labute approximate surface area is 241 Å². The molecule has 8 nitrogen and oxygen atoms in total. The molecule has 0 fully saturated rings. The smallest absolute Gasteiger partial charge is 0.336 e. The fourth-order valence-electron chi connectivity index (χ4n) is 5.45. The van der Waals surface area contributed by atoms with Crippen LogP contribution in [0.25, 0.3) is 22.1 Å². The molecule has 0 N–H and O–H groups in total. The highest BCUT2D eigenvalue weighted by atomic mass is 16.5. The molecule has 0 aliphatic heterocycles. The van der Waals surface area contributed by atoms with Crippen molar-refractivity contribution >= 4 is 11.0 Å². The lowest BCUT2D eigenvalue weighted by molar-refractivity contribution is 0.292. The summed E-state index contributed by atoms with van der Waals surface area (Å²) >= 11 is 0. The summed E-state index contributed by atoms with van der Waals surface area (Å²) in [4.78, 5) is 15.5. The molecule has 0 aliphatic rings. The van der Waals surface area contributed by atoms with Crippen molar-refractivity contribution in [3.8, 4) is 39.9 Å². The Morgan fingerprint density at radius 2 is 1.37 bits per heavy atom. The SMILES string of the molecule is CCN(CC)CC[C@H](c1cc(OC)c(OC)c(OC)c1)c1c(OC)cc(OC)c2c(-c3ccccc3)cc(=O)oc12. The first kappa shape index (κ1) is 29.8. The third-order valence-corrected chi connectivity index (χ3v) is 7.57. The molecule has 41 heavy (non-hydrogen) atoms. The summed E-state index contributed by atoms with van der Waals surface area (Å²) in [5, 5.41) is 0.703. The highest BCUT2D eigenvalue weighted by Crippen LogP contribution is 2.48. The molecule has 0 saturated heterocycles. The van der Waals surface area contributed by atoms with Gasteiger partial charge >= 0.3 is 5.63 Å². The van der Waals surface area contributed by atoms with Crippen molar-refractivity contribution in [3.63, 3.8) is 0 Å². The van der Waals surface area contributed by atoms with Gasteiger partial charge in [0.1, 0.15) is 17.1 Å². The number of hydrogen-bond donors (Lipinski definition) is 0. The summed E-state index contributed by atoms with van der Waals surface area (Å²) in [5.74, 6) is 2.43. The van der Waals surface area contributed by atoms with Gasteiger partial charge in [0.2, 0.25) is 5.75 Å². The second kappa shape index (κ2) is 13.5. The summed E-state index contributed by atoms with van der Waals surface area (Å²) in [6.45, 7) is 6.91. The second-order valence-corrected chi connectivity index (χ2v) is 9.57. The highest BCUT2D eigenvalue weighted by molar-refractivity contribution is 6.00. The van der Waals surface area contributed by atoms with E-state index in [9.17, 15) is 4.79 Å². The predicted octanol–water partition coefficient (Wildman–Crippen LogP) is 6.37. The van der Waals surface area contributed by atoms with E-state index in [4.69, 9.17) is 28.1 Å². The van der Waals surface area contributed by atoms with Gasteiger partial charge in [0, 0.05) is 29.2 Å². The van der Waals surface area contributed by atoms with E-state index in [2.05, 4.69) is 18.7 Å². The summed E-state index contributed by atoms with van der Waals surface area (Å²) < 4.78 is 34.9. The van der Waals surface area contributed by atoms with E-state index in [0.29, 0.717) is 46.1 Å². The molecule has 0 radical (unpaired) electrons.